The molecule has 1 aromatic heterocycles. The van der Waals surface area contributed by atoms with Crippen LogP contribution in [0.5, 0.6) is 5.75 Å². The van der Waals surface area contributed by atoms with Crippen LogP contribution in [0.1, 0.15) is 17.3 Å². The number of nitro benzene ring substituents is 1. The highest BCUT2D eigenvalue weighted by atomic mass is 32.2. The van der Waals surface area contributed by atoms with Gasteiger partial charge in [-0.25, -0.2) is 4.68 Å². The molecule has 0 spiro atoms. The fourth-order valence-corrected chi connectivity index (χ4v) is 3.14. The van der Waals surface area contributed by atoms with Crippen molar-refractivity contribution in [3.63, 3.8) is 0 Å². The van der Waals surface area contributed by atoms with Crippen LogP contribution in [0.4, 0.5) is 11.4 Å². The molecule has 144 valence electrons. The average Bonchev–Trinajstić information content (AvgIpc) is 3.08. The Morgan fingerprint density at radius 1 is 1.29 bits per heavy atom. The molecule has 28 heavy (non-hydrogen) atoms. The van der Waals surface area contributed by atoms with Gasteiger partial charge < -0.3 is 10.1 Å². The molecule has 0 aliphatic heterocycles. The predicted molar refractivity (Wildman–Crippen MR) is 102 cm³/mol. The molecule has 2 aromatic carbocycles. The van der Waals surface area contributed by atoms with E-state index in [0.717, 1.165) is 11.8 Å². The molecule has 10 nitrogen and oxygen atoms in total. The van der Waals surface area contributed by atoms with Crippen LogP contribution < -0.4 is 10.1 Å². The first-order chi connectivity index (χ1) is 13.5. The summed E-state index contributed by atoms with van der Waals surface area (Å²) < 4.78 is 6.81. The van der Waals surface area contributed by atoms with Crippen LogP contribution in [-0.4, -0.2) is 37.6 Å². The number of nitrogens with zero attached hydrogens (tertiary/aromatic N) is 5. The van der Waals surface area contributed by atoms with E-state index in [0.29, 0.717) is 28.1 Å². The molecule has 0 aliphatic rings. The standard InChI is InChI=1S/C17H16N6O4S/c1-3-27-13-7-4-11(5-8-13)18-16(24)14-10-12(23(25)26)6-9-15(14)28-17-19-20-21-22(17)2/h4-10H,3H2,1-2H3,(H,18,24). The van der Waals surface area contributed by atoms with Crippen molar-refractivity contribution < 1.29 is 14.5 Å². The molecule has 0 bridgehead atoms. The maximum Gasteiger partial charge on any atom is 0.270 e. The summed E-state index contributed by atoms with van der Waals surface area (Å²) in [5.41, 5.74) is 0.504. The Labute approximate surface area is 164 Å². The van der Waals surface area contributed by atoms with Crippen LogP contribution in [0.3, 0.4) is 0 Å². The van der Waals surface area contributed by atoms with E-state index in [1.165, 1.54) is 22.9 Å². The van der Waals surface area contributed by atoms with Gasteiger partial charge in [0.1, 0.15) is 5.75 Å². The lowest BCUT2D eigenvalue weighted by atomic mass is 10.2. The number of benzene rings is 2. The number of carbonyl (C=O) groups excluding carboxylic acids is 1. The molecule has 1 N–H and O–H groups in total. The Hall–Kier alpha value is -3.47. The predicted octanol–water partition coefficient (Wildman–Crippen LogP) is 2.92. The molecule has 11 heteroatoms. The van der Waals surface area contributed by atoms with Gasteiger partial charge >= 0.3 is 0 Å². The number of hydrogen-bond acceptors (Lipinski definition) is 8. The average molecular weight is 400 g/mol. The van der Waals surface area contributed by atoms with Crippen molar-refractivity contribution in [2.75, 3.05) is 11.9 Å². The highest BCUT2D eigenvalue weighted by molar-refractivity contribution is 7.99. The molecule has 3 aromatic rings. The summed E-state index contributed by atoms with van der Waals surface area (Å²) in [4.78, 5) is 23.9. The van der Waals surface area contributed by atoms with Crippen molar-refractivity contribution in [3.05, 3.63) is 58.1 Å². The SMILES string of the molecule is CCOc1ccc(NC(=O)c2cc([N+](=O)[O-])ccc2Sc2nnnn2C)cc1. The summed E-state index contributed by atoms with van der Waals surface area (Å²) in [6.45, 7) is 2.42. The molecule has 0 fully saturated rings. The monoisotopic (exact) mass is 400 g/mol. The smallest absolute Gasteiger partial charge is 0.270 e. The highest BCUT2D eigenvalue weighted by Gasteiger charge is 2.19. The summed E-state index contributed by atoms with van der Waals surface area (Å²) in [6, 6.07) is 10.9. The van der Waals surface area contributed by atoms with Gasteiger partial charge in [-0.3, -0.25) is 14.9 Å². The van der Waals surface area contributed by atoms with Gasteiger partial charge in [0.2, 0.25) is 5.16 Å². The molecule has 0 saturated heterocycles. The molecule has 0 unspecified atom stereocenters. The van der Waals surface area contributed by atoms with E-state index in [-0.39, 0.29) is 11.3 Å². The molecule has 0 aliphatic carbocycles. The third-order valence-electron chi connectivity index (χ3n) is 3.62. The minimum Gasteiger partial charge on any atom is -0.494 e. The largest absolute Gasteiger partial charge is 0.494 e. The molecule has 3 rings (SSSR count). The highest BCUT2D eigenvalue weighted by Crippen LogP contribution is 2.31. The van der Waals surface area contributed by atoms with Crippen LogP contribution in [0.2, 0.25) is 0 Å². The third-order valence-corrected chi connectivity index (χ3v) is 4.73. The first-order valence-electron chi connectivity index (χ1n) is 8.20. The van der Waals surface area contributed by atoms with Crippen molar-refractivity contribution in [2.45, 2.75) is 17.0 Å². The zero-order valence-corrected chi connectivity index (χ0v) is 15.8. The number of nitro groups is 1. The Balaban J connectivity index is 1.88. The molecular formula is C17H16N6O4S. The first kappa shape index (κ1) is 19.3. The molecular weight excluding hydrogens is 384 g/mol. The minimum absolute atomic E-state index is 0.149. The zero-order chi connectivity index (χ0) is 20.1. The quantitative estimate of drug-likeness (QED) is 0.474. The Kier molecular flexibility index (Phi) is 5.84. The first-order valence-corrected chi connectivity index (χ1v) is 9.02. The van der Waals surface area contributed by atoms with E-state index in [2.05, 4.69) is 20.8 Å². The van der Waals surface area contributed by atoms with Crippen LogP contribution in [0.15, 0.2) is 52.5 Å². The second kappa shape index (κ2) is 8.48. The van der Waals surface area contributed by atoms with Gasteiger partial charge in [0, 0.05) is 29.8 Å². The fraction of sp³-hybridized carbons (Fsp3) is 0.176. The normalized spacial score (nSPS) is 10.5. The molecule has 1 heterocycles. The summed E-state index contributed by atoms with van der Waals surface area (Å²) in [5, 5.41) is 25.5. The number of anilines is 1. The molecule has 1 amide bonds. The van der Waals surface area contributed by atoms with Gasteiger partial charge in [-0.05, 0) is 59.4 Å². The number of nitrogens with one attached hydrogen (secondary N) is 1. The summed E-state index contributed by atoms with van der Waals surface area (Å²) in [7, 11) is 1.66. The number of aryl methyl sites for hydroxylation is 1. The van der Waals surface area contributed by atoms with E-state index in [1.807, 2.05) is 6.92 Å². The second-order valence-electron chi connectivity index (χ2n) is 5.54. The Bertz CT molecular complexity index is 1010. The van der Waals surface area contributed by atoms with E-state index in [1.54, 1.807) is 31.3 Å². The van der Waals surface area contributed by atoms with E-state index < -0.39 is 10.8 Å². The number of aromatic nitrogens is 4. The minimum atomic E-state index is -0.550. The maximum atomic E-state index is 12.8. The summed E-state index contributed by atoms with van der Waals surface area (Å²) >= 11 is 1.14. The lowest BCUT2D eigenvalue weighted by Gasteiger charge is -2.10. The molecule has 0 radical (unpaired) electrons. The number of non-ortho nitro benzene ring substituents is 1. The van der Waals surface area contributed by atoms with Gasteiger partial charge in [0.15, 0.2) is 0 Å². The van der Waals surface area contributed by atoms with Crippen LogP contribution in [-0.2, 0) is 7.05 Å². The molecule has 0 saturated carbocycles. The summed E-state index contributed by atoms with van der Waals surface area (Å²) in [5.74, 6) is 0.201. The third kappa shape index (κ3) is 4.43. The van der Waals surface area contributed by atoms with Crippen molar-refractivity contribution in [1.29, 1.82) is 0 Å². The number of amides is 1. The van der Waals surface area contributed by atoms with E-state index in [9.17, 15) is 14.9 Å². The number of tetrazole rings is 1. The van der Waals surface area contributed by atoms with Gasteiger partial charge in [-0.1, -0.05) is 0 Å². The number of carbonyl (C=O) groups is 1. The Morgan fingerprint density at radius 3 is 2.64 bits per heavy atom. The van der Waals surface area contributed by atoms with Crippen molar-refractivity contribution in [3.8, 4) is 5.75 Å². The lowest BCUT2D eigenvalue weighted by molar-refractivity contribution is -0.384. The van der Waals surface area contributed by atoms with Crippen LogP contribution in [0.25, 0.3) is 0 Å². The van der Waals surface area contributed by atoms with E-state index >= 15 is 0 Å². The van der Waals surface area contributed by atoms with E-state index in [4.69, 9.17) is 4.74 Å². The number of rotatable bonds is 7. The van der Waals surface area contributed by atoms with Crippen LogP contribution in [0, 0.1) is 10.1 Å². The topological polar surface area (TPSA) is 125 Å². The lowest BCUT2D eigenvalue weighted by Crippen LogP contribution is -2.13. The zero-order valence-electron chi connectivity index (χ0n) is 15.0. The van der Waals surface area contributed by atoms with Crippen molar-refractivity contribution >= 4 is 29.0 Å². The fourth-order valence-electron chi connectivity index (χ4n) is 2.30. The van der Waals surface area contributed by atoms with Gasteiger partial charge in [-0.2, -0.15) is 0 Å². The molecule has 0 atom stereocenters. The van der Waals surface area contributed by atoms with Crippen molar-refractivity contribution in [1.82, 2.24) is 20.2 Å². The maximum absolute atomic E-state index is 12.8. The Morgan fingerprint density at radius 2 is 2.04 bits per heavy atom. The number of hydrogen-bond donors (Lipinski definition) is 1. The second-order valence-corrected chi connectivity index (χ2v) is 6.55. The number of ether oxygens (including phenoxy) is 1. The van der Waals surface area contributed by atoms with Crippen molar-refractivity contribution in [2.24, 2.45) is 7.05 Å². The van der Waals surface area contributed by atoms with Gasteiger partial charge in [0.05, 0.1) is 17.1 Å². The van der Waals surface area contributed by atoms with Gasteiger partial charge in [0.25, 0.3) is 11.6 Å². The summed E-state index contributed by atoms with van der Waals surface area (Å²) in [6.07, 6.45) is 0. The van der Waals surface area contributed by atoms with Gasteiger partial charge in [-0.15, -0.1) is 5.10 Å². The van der Waals surface area contributed by atoms with Crippen LogP contribution >= 0.6 is 11.8 Å².